The number of nitrogens with one attached hydrogen (secondary N) is 1. The van der Waals surface area contributed by atoms with Crippen molar-refractivity contribution in [2.45, 2.75) is 46.1 Å². The molecule has 0 aromatic carbocycles. The van der Waals surface area contributed by atoms with Gasteiger partial charge in [0.2, 0.25) is 0 Å². The van der Waals surface area contributed by atoms with Gasteiger partial charge in [-0.3, -0.25) is 14.7 Å². The van der Waals surface area contributed by atoms with Gasteiger partial charge in [0.05, 0.1) is 13.1 Å². The minimum absolute atomic E-state index is 0.240. The summed E-state index contributed by atoms with van der Waals surface area (Å²) in [6, 6.07) is 0.354. The Kier molecular flexibility index (Phi) is 5.35. The number of carbonyl (C=O) groups excluding carboxylic acids is 1. The van der Waals surface area contributed by atoms with E-state index in [1.54, 1.807) is 0 Å². The summed E-state index contributed by atoms with van der Waals surface area (Å²) in [5, 5.41) is 3.25. The average molecular weight is 277 g/mol. The number of rotatable bonds is 5. The lowest BCUT2D eigenvalue weighted by Gasteiger charge is -2.30. The molecule has 0 radical (unpaired) electrons. The van der Waals surface area contributed by atoms with Crippen molar-refractivity contribution in [2.24, 2.45) is 10.9 Å². The minimum atomic E-state index is 0.240. The highest BCUT2D eigenvalue weighted by atomic mass is 16.1. The smallest absolute Gasteiger partial charge is 0.174 e. The van der Waals surface area contributed by atoms with Crippen LogP contribution < -0.4 is 5.32 Å². The summed E-state index contributed by atoms with van der Waals surface area (Å²) < 4.78 is 0. The predicted molar refractivity (Wildman–Crippen MR) is 83.1 cm³/mol. The summed E-state index contributed by atoms with van der Waals surface area (Å²) in [5.41, 5.74) is 0.853. The Labute approximate surface area is 122 Å². The van der Waals surface area contributed by atoms with E-state index in [2.05, 4.69) is 36.0 Å². The van der Waals surface area contributed by atoms with E-state index in [-0.39, 0.29) is 5.78 Å². The summed E-state index contributed by atoms with van der Waals surface area (Å²) in [6.07, 6.45) is 5.66. The number of nitrogens with zero attached hydrogens (tertiary/aromatic N) is 2. The molecule has 0 atom stereocenters. The van der Waals surface area contributed by atoms with Crippen LogP contribution in [0.3, 0.4) is 0 Å². The number of hydrogen-bond acceptors (Lipinski definition) is 4. The molecule has 0 aromatic rings. The molecule has 0 unspecified atom stereocenters. The van der Waals surface area contributed by atoms with Gasteiger partial charge in [-0.05, 0) is 51.8 Å². The highest BCUT2D eigenvalue weighted by Gasteiger charge is 2.22. The van der Waals surface area contributed by atoms with Crippen LogP contribution in [0.5, 0.6) is 0 Å². The van der Waals surface area contributed by atoms with Gasteiger partial charge in [0, 0.05) is 11.6 Å². The molecule has 2 rings (SSSR count). The van der Waals surface area contributed by atoms with Gasteiger partial charge in [-0.25, -0.2) is 0 Å². The van der Waals surface area contributed by atoms with Crippen molar-refractivity contribution in [1.29, 1.82) is 0 Å². The zero-order chi connectivity index (χ0) is 14.5. The third-order valence-corrected chi connectivity index (χ3v) is 4.18. The van der Waals surface area contributed by atoms with Gasteiger partial charge in [0.15, 0.2) is 5.78 Å². The van der Waals surface area contributed by atoms with Crippen LogP contribution in [0.2, 0.25) is 0 Å². The number of amidine groups is 1. The molecule has 0 saturated carbocycles. The molecule has 2 heterocycles. The quantitative estimate of drug-likeness (QED) is 0.836. The molecule has 0 aliphatic carbocycles. The second-order valence-corrected chi connectivity index (χ2v) is 6.22. The van der Waals surface area contributed by atoms with Crippen LogP contribution >= 0.6 is 0 Å². The Balaban J connectivity index is 1.79. The predicted octanol–water partition coefficient (Wildman–Crippen LogP) is 2.01. The van der Waals surface area contributed by atoms with Gasteiger partial charge < -0.3 is 5.32 Å². The summed E-state index contributed by atoms with van der Waals surface area (Å²) >= 11 is 0. The van der Waals surface area contributed by atoms with Crippen LogP contribution in [0.1, 0.15) is 40.0 Å². The molecule has 4 heteroatoms. The Morgan fingerprint density at radius 2 is 2.15 bits per heavy atom. The second kappa shape index (κ2) is 7.02. The van der Waals surface area contributed by atoms with E-state index in [1.165, 1.54) is 19.3 Å². The summed E-state index contributed by atoms with van der Waals surface area (Å²) in [7, 11) is 0. The van der Waals surface area contributed by atoms with Crippen LogP contribution in [-0.2, 0) is 4.79 Å². The summed E-state index contributed by atoms with van der Waals surface area (Å²) in [6.45, 7) is 9.65. The fourth-order valence-corrected chi connectivity index (χ4v) is 2.84. The molecule has 1 N–H and O–H groups in total. The van der Waals surface area contributed by atoms with Crippen molar-refractivity contribution in [3.05, 3.63) is 11.6 Å². The standard InChI is InChI=1S/C16H27N3O/c1-4-13-5-7-19(8-6-13)11-15(20)14-9-16(17-10-14)18-12(2)3/h9,12-13H,4-8,10-11H2,1-3H3,(H,17,18). The van der Waals surface area contributed by atoms with E-state index < -0.39 is 0 Å². The molecule has 0 spiro atoms. The van der Waals surface area contributed by atoms with E-state index in [0.29, 0.717) is 19.1 Å². The van der Waals surface area contributed by atoms with E-state index in [4.69, 9.17) is 0 Å². The number of Topliss-reactive ketones (excluding diaryl/α,β-unsaturated/α-hetero) is 1. The van der Waals surface area contributed by atoms with Gasteiger partial charge in [-0.15, -0.1) is 0 Å². The van der Waals surface area contributed by atoms with Gasteiger partial charge in [0.25, 0.3) is 0 Å². The molecule has 20 heavy (non-hydrogen) atoms. The Morgan fingerprint density at radius 3 is 2.75 bits per heavy atom. The molecule has 112 valence electrons. The number of piperidine rings is 1. The zero-order valence-electron chi connectivity index (χ0n) is 13.0. The first-order valence-corrected chi connectivity index (χ1v) is 7.85. The SMILES string of the molecule is CCC1CCN(CC(=O)C2=CC(NC(C)C)=NC2)CC1. The Bertz CT molecular complexity index is 404. The first-order chi connectivity index (χ1) is 9.58. The molecule has 0 bridgehead atoms. The van der Waals surface area contributed by atoms with Crippen LogP contribution in [-0.4, -0.2) is 48.7 Å². The van der Waals surface area contributed by atoms with Crippen LogP contribution in [0.4, 0.5) is 0 Å². The van der Waals surface area contributed by atoms with E-state index in [0.717, 1.165) is 30.4 Å². The topological polar surface area (TPSA) is 44.7 Å². The molecule has 0 amide bonds. The third kappa shape index (κ3) is 4.17. The van der Waals surface area contributed by atoms with Gasteiger partial charge >= 0.3 is 0 Å². The number of carbonyl (C=O) groups is 1. The fraction of sp³-hybridized carbons (Fsp3) is 0.750. The van der Waals surface area contributed by atoms with Crippen LogP contribution in [0.25, 0.3) is 0 Å². The maximum Gasteiger partial charge on any atom is 0.174 e. The lowest BCUT2D eigenvalue weighted by Crippen LogP contribution is -2.37. The minimum Gasteiger partial charge on any atom is -0.368 e. The maximum absolute atomic E-state index is 12.3. The lowest BCUT2D eigenvalue weighted by molar-refractivity contribution is -0.117. The van der Waals surface area contributed by atoms with Gasteiger partial charge in [-0.2, -0.15) is 0 Å². The van der Waals surface area contributed by atoms with Crippen molar-refractivity contribution < 1.29 is 4.79 Å². The molecule has 0 aromatic heterocycles. The van der Waals surface area contributed by atoms with Crippen molar-refractivity contribution >= 4 is 11.6 Å². The van der Waals surface area contributed by atoms with Crippen molar-refractivity contribution in [3.63, 3.8) is 0 Å². The normalized spacial score (nSPS) is 21.0. The molecule has 1 fully saturated rings. The van der Waals surface area contributed by atoms with Gasteiger partial charge in [-0.1, -0.05) is 13.3 Å². The number of aliphatic imine (C=N–C) groups is 1. The summed E-state index contributed by atoms with van der Waals surface area (Å²) in [4.78, 5) is 19.0. The maximum atomic E-state index is 12.3. The zero-order valence-corrected chi connectivity index (χ0v) is 13.0. The lowest BCUT2D eigenvalue weighted by atomic mass is 9.94. The van der Waals surface area contributed by atoms with Crippen LogP contribution in [0.15, 0.2) is 16.6 Å². The Hall–Kier alpha value is -1.16. The fourth-order valence-electron chi connectivity index (χ4n) is 2.84. The van der Waals surface area contributed by atoms with Gasteiger partial charge in [0.1, 0.15) is 5.84 Å². The highest BCUT2D eigenvalue weighted by Crippen LogP contribution is 2.20. The van der Waals surface area contributed by atoms with Crippen LogP contribution in [0, 0.1) is 5.92 Å². The van der Waals surface area contributed by atoms with Crippen molar-refractivity contribution in [1.82, 2.24) is 10.2 Å². The number of hydrogen-bond donors (Lipinski definition) is 1. The van der Waals surface area contributed by atoms with E-state index in [1.807, 2.05) is 6.08 Å². The average Bonchev–Trinajstić information content (AvgIpc) is 2.87. The summed E-state index contributed by atoms with van der Waals surface area (Å²) in [5.74, 6) is 1.95. The van der Waals surface area contributed by atoms with Crippen molar-refractivity contribution in [3.8, 4) is 0 Å². The van der Waals surface area contributed by atoms with Crippen molar-refractivity contribution in [2.75, 3.05) is 26.2 Å². The molecule has 4 nitrogen and oxygen atoms in total. The molecule has 1 saturated heterocycles. The third-order valence-electron chi connectivity index (χ3n) is 4.18. The first kappa shape index (κ1) is 15.2. The first-order valence-electron chi connectivity index (χ1n) is 7.85. The van der Waals surface area contributed by atoms with E-state index in [9.17, 15) is 4.79 Å². The molecule has 2 aliphatic heterocycles. The van der Waals surface area contributed by atoms with E-state index >= 15 is 0 Å². The number of ketones is 1. The second-order valence-electron chi connectivity index (χ2n) is 6.22. The molecule has 2 aliphatic rings. The largest absolute Gasteiger partial charge is 0.368 e. The Morgan fingerprint density at radius 1 is 1.45 bits per heavy atom. The number of likely N-dealkylation sites (tertiary alicyclic amines) is 1. The molecular formula is C16H27N3O. The molecular weight excluding hydrogens is 250 g/mol. The monoisotopic (exact) mass is 277 g/mol. The highest BCUT2D eigenvalue weighted by molar-refractivity contribution is 6.07.